The molecule has 0 spiro atoms. The number of aromatic nitrogens is 2. The fourth-order valence-corrected chi connectivity index (χ4v) is 2.35. The van der Waals surface area contributed by atoms with Crippen LogP contribution in [-0.4, -0.2) is 28.5 Å². The van der Waals surface area contributed by atoms with Gasteiger partial charge in [-0.1, -0.05) is 24.3 Å². The van der Waals surface area contributed by atoms with Gasteiger partial charge in [0.25, 0.3) is 5.91 Å². The van der Waals surface area contributed by atoms with E-state index in [0.717, 1.165) is 11.1 Å². The Morgan fingerprint density at radius 3 is 2.48 bits per heavy atom. The number of esters is 1. The molecular weight excluding hydrogens is 318 g/mol. The zero-order chi connectivity index (χ0) is 17.6. The van der Waals surface area contributed by atoms with Crippen molar-refractivity contribution in [2.75, 3.05) is 11.9 Å². The van der Waals surface area contributed by atoms with E-state index < -0.39 is 0 Å². The highest BCUT2D eigenvalue weighted by Gasteiger charge is 2.10. The number of carbonyl (C=O) groups excluding carboxylic acids is 2. The van der Waals surface area contributed by atoms with Crippen LogP contribution in [0.25, 0.3) is 11.0 Å². The number of carbonyl (C=O) groups is 2. The van der Waals surface area contributed by atoms with Gasteiger partial charge in [-0.2, -0.15) is 0 Å². The smallest absolute Gasteiger partial charge is 0.310 e. The maximum atomic E-state index is 12.3. The molecular formula is C19H17N3O3. The Hall–Kier alpha value is -3.28. The molecule has 0 bridgehead atoms. The van der Waals surface area contributed by atoms with E-state index in [1.165, 1.54) is 6.20 Å². The first-order chi connectivity index (χ1) is 12.2. The molecule has 0 radical (unpaired) electrons. The highest BCUT2D eigenvalue weighted by Crippen LogP contribution is 2.13. The summed E-state index contributed by atoms with van der Waals surface area (Å²) >= 11 is 0. The number of benzene rings is 2. The van der Waals surface area contributed by atoms with Crippen molar-refractivity contribution in [3.05, 3.63) is 66.0 Å². The lowest BCUT2D eigenvalue weighted by Gasteiger charge is -2.07. The van der Waals surface area contributed by atoms with Crippen molar-refractivity contribution in [3.8, 4) is 0 Å². The molecule has 2 aromatic carbocycles. The summed E-state index contributed by atoms with van der Waals surface area (Å²) < 4.78 is 4.91. The molecule has 0 aliphatic carbocycles. The predicted octanol–water partition coefficient (Wildman–Crippen LogP) is 2.99. The number of nitrogens with zero attached hydrogens (tertiary/aromatic N) is 2. The van der Waals surface area contributed by atoms with E-state index >= 15 is 0 Å². The molecule has 1 heterocycles. The van der Waals surface area contributed by atoms with Gasteiger partial charge in [0, 0.05) is 5.69 Å². The molecule has 126 valence electrons. The topological polar surface area (TPSA) is 81.2 Å². The second-order valence-electron chi connectivity index (χ2n) is 5.38. The molecule has 0 aliphatic rings. The molecule has 0 saturated carbocycles. The number of hydrogen-bond donors (Lipinski definition) is 1. The van der Waals surface area contributed by atoms with E-state index in [9.17, 15) is 9.59 Å². The molecule has 1 aromatic heterocycles. The Bertz CT molecular complexity index is 907. The normalized spacial score (nSPS) is 10.4. The van der Waals surface area contributed by atoms with E-state index in [0.29, 0.717) is 17.8 Å². The van der Waals surface area contributed by atoms with Crippen LogP contribution in [-0.2, 0) is 16.0 Å². The summed E-state index contributed by atoms with van der Waals surface area (Å²) in [7, 11) is 0. The van der Waals surface area contributed by atoms with Crippen LogP contribution in [0.3, 0.4) is 0 Å². The quantitative estimate of drug-likeness (QED) is 0.725. The Balaban J connectivity index is 1.68. The number of nitrogens with one attached hydrogen (secondary N) is 1. The van der Waals surface area contributed by atoms with Crippen molar-refractivity contribution in [2.45, 2.75) is 13.3 Å². The molecule has 6 heteroatoms. The largest absolute Gasteiger partial charge is 0.466 e. The number of anilines is 1. The van der Waals surface area contributed by atoms with Gasteiger partial charge in [-0.3, -0.25) is 14.6 Å². The average Bonchev–Trinajstić information content (AvgIpc) is 2.63. The first-order valence-electron chi connectivity index (χ1n) is 7.93. The molecule has 0 saturated heterocycles. The summed E-state index contributed by atoms with van der Waals surface area (Å²) in [4.78, 5) is 32.3. The van der Waals surface area contributed by atoms with Crippen LogP contribution < -0.4 is 5.32 Å². The molecule has 0 atom stereocenters. The van der Waals surface area contributed by atoms with Crippen LogP contribution in [0, 0.1) is 0 Å². The number of amides is 1. The summed E-state index contributed by atoms with van der Waals surface area (Å²) in [5.41, 5.74) is 3.09. The van der Waals surface area contributed by atoms with Gasteiger partial charge in [0.15, 0.2) is 0 Å². The molecule has 1 N–H and O–H groups in total. The van der Waals surface area contributed by atoms with E-state index in [-0.39, 0.29) is 24.0 Å². The van der Waals surface area contributed by atoms with Crippen LogP contribution in [0.15, 0.2) is 54.7 Å². The standard InChI is InChI=1S/C19H17N3O3/c1-2-25-18(23)11-13-7-9-14(10-8-13)21-19(24)17-12-20-15-5-3-4-6-16(15)22-17/h3-10,12H,2,11H2,1H3,(H,21,24). The van der Waals surface area contributed by atoms with Crippen molar-refractivity contribution >= 4 is 28.6 Å². The van der Waals surface area contributed by atoms with Gasteiger partial charge in [0.1, 0.15) is 5.69 Å². The average molecular weight is 335 g/mol. The minimum Gasteiger partial charge on any atom is -0.466 e. The lowest BCUT2D eigenvalue weighted by atomic mass is 10.1. The third-order valence-corrected chi connectivity index (χ3v) is 3.55. The molecule has 0 fully saturated rings. The number of rotatable bonds is 5. The van der Waals surface area contributed by atoms with Crippen LogP contribution in [0.1, 0.15) is 23.0 Å². The van der Waals surface area contributed by atoms with Crippen molar-refractivity contribution in [2.24, 2.45) is 0 Å². The van der Waals surface area contributed by atoms with Crippen LogP contribution in [0.4, 0.5) is 5.69 Å². The second kappa shape index (κ2) is 7.53. The lowest BCUT2D eigenvalue weighted by Crippen LogP contribution is -2.14. The summed E-state index contributed by atoms with van der Waals surface area (Å²) in [6.45, 7) is 2.13. The highest BCUT2D eigenvalue weighted by atomic mass is 16.5. The van der Waals surface area contributed by atoms with Gasteiger partial charge in [-0.05, 0) is 36.8 Å². The Morgan fingerprint density at radius 2 is 1.76 bits per heavy atom. The third-order valence-electron chi connectivity index (χ3n) is 3.55. The number of para-hydroxylation sites is 2. The van der Waals surface area contributed by atoms with Crippen molar-refractivity contribution in [1.29, 1.82) is 0 Å². The SMILES string of the molecule is CCOC(=O)Cc1ccc(NC(=O)c2cnc3ccccc3n2)cc1. The fraction of sp³-hybridized carbons (Fsp3) is 0.158. The van der Waals surface area contributed by atoms with Crippen molar-refractivity contribution < 1.29 is 14.3 Å². The molecule has 3 rings (SSSR count). The summed E-state index contributed by atoms with van der Waals surface area (Å²) in [6.07, 6.45) is 1.66. The van der Waals surface area contributed by atoms with Crippen molar-refractivity contribution in [3.63, 3.8) is 0 Å². The fourth-order valence-electron chi connectivity index (χ4n) is 2.35. The highest BCUT2D eigenvalue weighted by molar-refractivity contribution is 6.03. The molecule has 0 aliphatic heterocycles. The van der Waals surface area contributed by atoms with Gasteiger partial charge >= 0.3 is 5.97 Å². The molecule has 1 amide bonds. The zero-order valence-electron chi connectivity index (χ0n) is 13.7. The van der Waals surface area contributed by atoms with E-state index in [1.54, 1.807) is 31.2 Å². The molecule has 6 nitrogen and oxygen atoms in total. The van der Waals surface area contributed by atoms with Gasteiger partial charge < -0.3 is 10.1 Å². The van der Waals surface area contributed by atoms with E-state index in [2.05, 4.69) is 15.3 Å². The van der Waals surface area contributed by atoms with Gasteiger partial charge in [-0.25, -0.2) is 4.98 Å². The minimum atomic E-state index is -0.337. The van der Waals surface area contributed by atoms with Crippen LogP contribution in [0.2, 0.25) is 0 Å². The first-order valence-corrected chi connectivity index (χ1v) is 7.93. The minimum absolute atomic E-state index is 0.207. The Kier molecular flexibility index (Phi) is 4.99. The number of fused-ring (bicyclic) bond motifs is 1. The zero-order valence-corrected chi connectivity index (χ0v) is 13.7. The van der Waals surface area contributed by atoms with Crippen LogP contribution >= 0.6 is 0 Å². The summed E-state index contributed by atoms with van der Waals surface area (Å²) in [6, 6.07) is 14.4. The predicted molar refractivity (Wildman–Crippen MR) is 94.3 cm³/mol. The monoisotopic (exact) mass is 335 g/mol. The maximum Gasteiger partial charge on any atom is 0.310 e. The summed E-state index contributed by atoms with van der Waals surface area (Å²) in [5, 5.41) is 2.77. The van der Waals surface area contributed by atoms with Crippen molar-refractivity contribution in [1.82, 2.24) is 9.97 Å². The Morgan fingerprint density at radius 1 is 1.04 bits per heavy atom. The number of hydrogen-bond acceptors (Lipinski definition) is 5. The maximum absolute atomic E-state index is 12.3. The lowest BCUT2D eigenvalue weighted by molar-refractivity contribution is -0.142. The molecule has 0 unspecified atom stereocenters. The third kappa shape index (κ3) is 4.17. The van der Waals surface area contributed by atoms with E-state index in [1.807, 2.05) is 24.3 Å². The summed E-state index contributed by atoms with van der Waals surface area (Å²) in [5.74, 6) is -0.609. The molecule has 3 aromatic rings. The van der Waals surface area contributed by atoms with Gasteiger partial charge in [0.05, 0.1) is 30.3 Å². The number of ether oxygens (including phenoxy) is 1. The van der Waals surface area contributed by atoms with Gasteiger partial charge in [0.2, 0.25) is 0 Å². The van der Waals surface area contributed by atoms with E-state index in [4.69, 9.17) is 4.74 Å². The van der Waals surface area contributed by atoms with Crippen LogP contribution in [0.5, 0.6) is 0 Å². The second-order valence-corrected chi connectivity index (χ2v) is 5.38. The first kappa shape index (κ1) is 16.6. The Labute approximate surface area is 144 Å². The molecule has 25 heavy (non-hydrogen) atoms. The van der Waals surface area contributed by atoms with Gasteiger partial charge in [-0.15, -0.1) is 0 Å².